The smallest absolute Gasteiger partial charge is 0.328 e. The van der Waals surface area contributed by atoms with Gasteiger partial charge in [-0.25, -0.2) is 0 Å². The molecule has 2 aromatic rings. The van der Waals surface area contributed by atoms with Gasteiger partial charge < -0.3 is 4.74 Å². The normalized spacial score (nSPS) is 11.8. The van der Waals surface area contributed by atoms with Crippen LogP contribution in [0, 0.1) is 5.92 Å². The molecule has 0 unspecified atom stereocenters. The van der Waals surface area contributed by atoms with Crippen molar-refractivity contribution < 1.29 is 14.3 Å². The van der Waals surface area contributed by atoms with Crippen LogP contribution in [0.5, 0.6) is 0 Å². The summed E-state index contributed by atoms with van der Waals surface area (Å²) in [5, 5.41) is 5.27. The minimum absolute atomic E-state index is 0.0312. The van der Waals surface area contributed by atoms with Gasteiger partial charge in [0.25, 0.3) is 0 Å². The molecule has 0 saturated heterocycles. The number of aromatic nitrogens is 2. The molecule has 5 nitrogen and oxygen atoms in total. The summed E-state index contributed by atoms with van der Waals surface area (Å²) >= 11 is 0. The van der Waals surface area contributed by atoms with Gasteiger partial charge in [-0.2, -0.15) is 5.10 Å². The molecule has 28 heavy (non-hydrogen) atoms. The van der Waals surface area contributed by atoms with Crippen molar-refractivity contribution in [3.8, 4) is 0 Å². The van der Waals surface area contributed by atoms with E-state index in [1.54, 1.807) is 4.68 Å². The second-order valence-corrected chi connectivity index (χ2v) is 8.73. The average molecular weight is 385 g/mol. The highest BCUT2D eigenvalue weighted by atomic mass is 16.6. The van der Waals surface area contributed by atoms with Crippen LogP contribution in [-0.4, -0.2) is 27.1 Å². The zero-order valence-electron chi connectivity index (χ0n) is 18.0. The van der Waals surface area contributed by atoms with Gasteiger partial charge in [0.15, 0.2) is 5.78 Å². The van der Waals surface area contributed by atoms with Crippen molar-refractivity contribution in [2.75, 3.05) is 0 Å². The number of hydrogen-bond acceptors (Lipinski definition) is 4. The number of ketones is 1. The Bertz CT molecular complexity index is 885. The topological polar surface area (TPSA) is 61.2 Å². The van der Waals surface area contributed by atoms with Gasteiger partial charge in [0.2, 0.25) is 0 Å². The monoisotopic (exact) mass is 384 g/mol. The molecule has 0 bridgehead atoms. The molecule has 0 aliphatic heterocycles. The van der Waals surface area contributed by atoms with Crippen LogP contribution in [0.2, 0.25) is 0 Å². The molecular formula is C23H32N2O3. The highest BCUT2D eigenvalue weighted by Crippen LogP contribution is 2.27. The van der Waals surface area contributed by atoms with Crippen LogP contribution in [-0.2, 0) is 28.9 Å². The number of nitrogens with zero attached hydrogens (tertiary/aromatic N) is 2. The average Bonchev–Trinajstić information content (AvgIpc) is 2.90. The lowest BCUT2D eigenvalue weighted by Gasteiger charge is -2.19. The maximum atomic E-state index is 12.4. The van der Waals surface area contributed by atoms with Crippen LogP contribution in [0.3, 0.4) is 0 Å². The van der Waals surface area contributed by atoms with Crippen LogP contribution < -0.4 is 0 Å². The third kappa shape index (κ3) is 5.54. The first-order valence-electron chi connectivity index (χ1n) is 9.87. The molecule has 0 saturated carbocycles. The fourth-order valence-corrected chi connectivity index (χ4v) is 3.25. The molecule has 1 heterocycles. The van der Waals surface area contributed by atoms with Gasteiger partial charge in [-0.1, -0.05) is 26.0 Å². The van der Waals surface area contributed by atoms with E-state index in [4.69, 9.17) is 4.74 Å². The summed E-state index contributed by atoms with van der Waals surface area (Å²) in [5.41, 5.74) is 2.84. The second-order valence-electron chi connectivity index (χ2n) is 8.73. The summed E-state index contributed by atoms with van der Waals surface area (Å²) in [4.78, 5) is 24.6. The molecule has 0 radical (unpaired) electrons. The highest BCUT2D eigenvalue weighted by Gasteiger charge is 2.22. The van der Waals surface area contributed by atoms with E-state index < -0.39 is 5.60 Å². The standard InChI is InChI=1S/C23H32N2O3/c1-8-9-18-12-17(11-10-15(2)3)13-19-21(16(4)26)24-25(22(18)19)14-20(27)28-23(5,6)7/h8,12-13,15H,1,9-11,14H2,2-7H3. The Balaban J connectivity index is 2.57. The largest absolute Gasteiger partial charge is 0.459 e. The van der Waals surface area contributed by atoms with Gasteiger partial charge in [0.05, 0.1) is 5.52 Å². The number of hydrogen-bond donors (Lipinski definition) is 0. The molecular weight excluding hydrogens is 352 g/mol. The number of carbonyl (C=O) groups is 2. The maximum absolute atomic E-state index is 12.4. The Hall–Kier alpha value is -2.43. The summed E-state index contributed by atoms with van der Waals surface area (Å²) < 4.78 is 7.05. The van der Waals surface area contributed by atoms with E-state index in [-0.39, 0.29) is 18.3 Å². The number of allylic oxidation sites excluding steroid dienone is 1. The van der Waals surface area contributed by atoms with E-state index in [2.05, 4.69) is 31.6 Å². The fraction of sp³-hybridized carbons (Fsp3) is 0.522. The van der Waals surface area contributed by atoms with Gasteiger partial charge in [-0.15, -0.1) is 6.58 Å². The zero-order valence-corrected chi connectivity index (χ0v) is 18.0. The number of aryl methyl sites for hydroxylation is 1. The molecule has 1 aromatic carbocycles. The van der Waals surface area contributed by atoms with Gasteiger partial charge in [-0.3, -0.25) is 14.3 Å². The molecule has 0 amide bonds. The van der Waals surface area contributed by atoms with Crippen molar-refractivity contribution in [2.24, 2.45) is 5.92 Å². The van der Waals surface area contributed by atoms with Gasteiger partial charge >= 0.3 is 5.97 Å². The van der Waals surface area contributed by atoms with E-state index in [0.29, 0.717) is 18.0 Å². The third-order valence-corrected chi connectivity index (χ3v) is 4.39. The number of ether oxygens (including phenoxy) is 1. The van der Waals surface area contributed by atoms with Crippen molar-refractivity contribution in [1.82, 2.24) is 9.78 Å². The highest BCUT2D eigenvalue weighted by molar-refractivity contribution is 6.06. The van der Waals surface area contributed by atoms with E-state index in [0.717, 1.165) is 29.3 Å². The van der Waals surface area contributed by atoms with E-state index >= 15 is 0 Å². The molecule has 0 fully saturated rings. The summed E-state index contributed by atoms with van der Waals surface area (Å²) in [6.45, 7) is 15.2. The Labute approximate surface area is 167 Å². The molecule has 0 N–H and O–H groups in total. The second kappa shape index (κ2) is 8.72. The maximum Gasteiger partial charge on any atom is 0.328 e. The summed E-state index contributed by atoms with van der Waals surface area (Å²) in [5.74, 6) is 0.111. The molecule has 5 heteroatoms. The van der Waals surface area contributed by atoms with Crippen LogP contribution in [0.4, 0.5) is 0 Å². The number of fused-ring (bicyclic) bond motifs is 1. The Morgan fingerprint density at radius 1 is 1.29 bits per heavy atom. The lowest BCUT2D eigenvalue weighted by atomic mass is 9.96. The van der Waals surface area contributed by atoms with Gasteiger partial charge in [-0.05, 0) is 63.1 Å². The van der Waals surface area contributed by atoms with E-state index in [1.165, 1.54) is 12.5 Å². The third-order valence-electron chi connectivity index (χ3n) is 4.39. The van der Waals surface area contributed by atoms with Crippen LogP contribution in [0.15, 0.2) is 24.8 Å². The molecule has 0 atom stereocenters. The van der Waals surface area contributed by atoms with Crippen molar-refractivity contribution in [3.05, 3.63) is 41.6 Å². The summed E-state index contributed by atoms with van der Waals surface area (Å²) in [6, 6.07) is 4.18. The number of carbonyl (C=O) groups excluding carboxylic acids is 2. The first-order chi connectivity index (χ1) is 13.0. The minimum Gasteiger partial charge on any atom is -0.459 e. The van der Waals surface area contributed by atoms with E-state index in [9.17, 15) is 9.59 Å². The quantitative estimate of drug-likeness (QED) is 0.369. The lowest BCUT2D eigenvalue weighted by molar-refractivity contribution is -0.155. The first kappa shape index (κ1) is 21.9. The Kier molecular flexibility index (Phi) is 6.81. The Morgan fingerprint density at radius 2 is 1.96 bits per heavy atom. The molecule has 2 rings (SSSR count). The SMILES string of the molecule is C=CCc1cc(CCC(C)C)cc2c(C(C)=O)nn(CC(=O)OC(C)(C)C)c12. The minimum atomic E-state index is -0.572. The van der Waals surface area contributed by atoms with Gasteiger partial charge in [0, 0.05) is 12.3 Å². The summed E-state index contributed by atoms with van der Waals surface area (Å²) in [6.07, 6.45) is 4.48. The summed E-state index contributed by atoms with van der Waals surface area (Å²) in [7, 11) is 0. The van der Waals surface area contributed by atoms with Crippen molar-refractivity contribution in [2.45, 2.75) is 73.0 Å². The predicted octanol–water partition coefficient (Wildman–Crippen LogP) is 4.90. The zero-order chi connectivity index (χ0) is 21.1. The van der Waals surface area contributed by atoms with Crippen molar-refractivity contribution >= 4 is 22.7 Å². The molecule has 152 valence electrons. The lowest BCUT2D eigenvalue weighted by Crippen LogP contribution is -2.27. The number of benzene rings is 1. The van der Waals surface area contributed by atoms with Crippen molar-refractivity contribution in [3.63, 3.8) is 0 Å². The Morgan fingerprint density at radius 3 is 2.50 bits per heavy atom. The molecule has 1 aromatic heterocycles. The van der Waals surface area contributed by atoms with Crippen LogP contribution >= 0.6 is 0 Å². The van der Waals surface area contributed by atoms with E-state index in [1.807, 2.05) is 32.9 Å². The first-order valence-corrected chi connectivity index (χ1v) is 9.87. The van der Waals surface area contributed by atoms with Gasteiger partial charge in [0.1, 0.15) is 17.8 Å². The number of Topliss-reactive ketones (excluding diaryl/α,β-unsaturated/α-hetero) is 1. The number of rotatable bonds is 8. The van der Waals surface area contributed by atoms with Crippen molar-refractivity contribution in [1.29, 1.82) is 0 Å². The predicted molar refractivity (Wildman–Crippen MR) is 113 cm³/mol. The van der Waals surface area contributed by atoms with Crippen LogP contribution in [0.1, 0.15) is 69.6 Å². The molecule has 0 aliphatic rings. The molecule has 0 aliphatic carbocycles. The fourth-order valence-electron chi connectivity index (χ4n) is 3.25. The van der Waals surface area contributed by atoms with Crippen LogP contribution in [0.25, 0.3) is 10.9 Å². The molecule has 0 spiro atoms. The number of esters is 1.